The van der Waals surface area contributed by atoms with Crippen molar-refractivity contribution in [1.29, 1.82) is 0 Å². The van der Waals surface area contributed by atoms with Crippen molar-refractivity contribution in [2.24, 2.45) is 0 Å². The number of aryl methyl sites for hydroxylation is 1. The number of fused-ring (bicyclic) bond motifs is 1. The average molecular weight is 340 g/mol. The van der Waals surface area contributed by atoms with Crippen molar-refractivity contribution in [2.75, 3.05) is 26.4 Å². The van der Waals surface area contributed by atoms with E-state index in [1.165, 1.54) is 0 Å². The van der Waals surface area contributed by atoms with Gasteiger partial charge in [-0.1, -0.05) is 18.3 Å². The van der Waals surface area contributed by atoms with E-state index in [1.807, 2.05) is 6.92 Å². The first-order chi connectivity index (χ1) is 11.2. The van der Waals surface area contributed by atoms with Crippen LogP contribution in [0.4, 0.5) is 4.39 Å². The second kappa shape index (κ2) is 8.59. The third kappa shape index (κ3) is 4.49. The van der Waals surface area contributed by atoms with Gasteiger partial charge in [0, 0.05) is 10.3 Å². The zero-order valence-electron chi connectivity index (χ0n) is 12.7. The molecule has 0 aliphatic rings. The number of halogens is 1. The molecule has 5 nitrogen and oxygen atoms in total. The van der Waals surface area contributed by atoms with Gasteiger partial charge < -0.3 is 14.2 Å². The molecule has 0 amide bonds. The molecule has 0 saturated carbocycles. The molecule has 124 valence electrons. The lowest BCUT2D eigenvalue weighted by atomic mass is 10.1. The number of carbonyl (C=O) groups excluding carboxylic acids is 1. The van der Waals surface area contributed by atoms with Crippen molar-refractivity contribution in [3.05, 3.63) is 39.1 Å². The molecule has 0 fully saturated rings. The summed E-state index contributed by atoms with van der Waals surface area (Å²) in [6.07, 6.45) is 0.460. The van der Waals surface area contributed by atoms with Gasteiger partial charge in [0.15, 0.2) is 5.82 Å². The smallest absolute Gasteiger partial charge is 0.293 e. The molecule has 1 aromatic carbocycles. The van der Waals surface area contributed by atoms with Crippen LogP contribution in [0.3, 0.4) is 0 Å². The van der Waals surface area contributed by atoms with E-state index in [9.17, 15) is 14.0 Å². The van der Waals surface area contributed by atoms with Crippen LogP contribution in [0.5, 0.6) is 5.75 Å². The fourth-order valence-corrected chi connectivity index (χ4v) is 3.02. The van der Waals surface area contributed by atoms with Gasteiger partial charge in [0.2, 0.25) is 0 Å². The number of hydrogen-bond donors (Lipinski definition) is 0. The van der Waals surface area contributed by atoms with Gasteiger partial charge in [0.05, 0.1) is 13.2 Å². The van der Waals surface area contributed by atoms with Gasteiger partial charge in [-0.15, -0.1) is 0 Å². The lowest BCUT2D eigenvalue weighted by Crippen LogP contribution is -2.10. The monoisotopic (exact) mass is 340 g/mol. The van der Waals surface area contributed by atoms with Crippen molar-refractivity contribution in [1.82, 2.24) is 0 Å². The molecule has 0 aliphatic heterocycles. The van der Waals surface area contributed by atoms with Gasteiger partial charge in [0.1, 0.15) is 19.0 Å². The number of ether oxygens (including phenoxy) is 3. The van der Waals surface area contributed by atoms with Crippen LogP contribution in [0.25, 0.3) is 10.1 Å². The molecule has 0 spiro atoms. The molecule has 2 aromatic rings. The average Bonchev–Trinajstić information content (AvgIpc) is 2.55. The van der Waals surface area contributed by atoms with E-state index in [-0.39, 0.29) is 6.61 Å². The predicted molar refractivity (Wildman–Crippen MR) is 85.8 cm³/mol. The highest BCUT2D eigenvalue weighted by molar-refractivity contribution is 7.16. The Labute approximate surface area is 136 Å². The lowest BCUT2D eigenvalue weighted by Gasteiger charge is -2.09. The van der Waals surface area contributed by atoms with Crippen LogP contribution in [0.2, 0.25) is 0 Å². The third-order valence-corrected chi connectivity index (χ3v) is 4.11. The van der Waals surface area contributed by atoms with Crippen LogP contribution in [0, 0.1) is 5.82 Å². The first-order valence-corrected chi connectivity index (χ1v) is 8.00. The van der Waals surface area contributed by atoms with Crippen LogP contribution in [-0.4, -0.2) is 32.9 Å². The normalized spacial score (nSPS) is 10.7. The van der Waals surface area contributed by atoms with E-state index >= 15 is 0 Å². The summed E-state index contributed by atoms with van der Waals surface area (Å²) in [5.41, 5.74) is 0.439. The van der Waals surface area contributed by atoms with Crippen molar-refractivity contribution in [3.63, 3.8) is 0 Å². The molecule has 23 heavy (non-hydrogen) atoms. The number of rotatable bonds is 9. The highest BCUT2D eigenvalue weighted by Crippen LogP contribution is 2.27. The summed E-state index contributed by atoms with van der Waals surface area (Å²) < 4.78 is 29.2. The topological polar surface area (TPSA) is 61.8 Å². The molecular weight excluding hydrogens is 323 g/mol. The molecule has 2 rings (SSSR count). The van der Waals surface area contributed by atoms with Gasteiger partial charge in [-0.05, 0) is 30.0 Å². The van der Waals surface area contributed by atoms with Gasteiger partial charge in [-0.25, -0.2) is 4.39 Å². The summed E-state index contributed by atoms with van der Waals surface area (Å²) in [7, 11) is 0. The minimum absolute atomic E-state index is 0.207. The Morgan fingerprint density at radius 2 is 2.00 bits per heavy atom. The van der Waals surface area contributed by atoms with E-state index in [0.29, 0.717) is 48.7 Å². The molecule has 0 unspecified atom stereocenters. The minimum Gasteiger partial charge on any atom is -0.491 e. The van der Waals surface area contributed by atoms with Crippen LogP contribution in [-0.2, 0) is 20.7 Å². The summed E-state index contributed by atoms with van der Waals surface area (Å²) in [5.74, 6) is -0.0702. The van der Waals surface area contributed by atoms with Crippen molar-refractivity contribution >= 4 is 27.9 Å². The summed E-state index contributed by atoms with van der Waals surface area (Å²) in [6.45, 7) is 3.37. The minimum atomic E-state index is -0.662. The largest absolute Gasteiger partial charge is 0.491 e. The highest BCUT2D eigenvalue weighted by atomic mass is 32.1. The predicted octanol–water partition coefficient (Wildman–Crippen LogP) is 2.53. The first-order valence-electron chi connectivity index (χ1n) is 7.18. The maximum Gasteiger partial charge on any atom is 0.293 e. The molecule has 0 N–H and O–H groups in total. The van der Waals surface area contributed by atoms with Crippen LogP contribution < -0.4 is 9.48 Å². The van der Waals surface area contributed by atoms with Gasteiger partial charge in [0.25, 0.3) is 11.2 Å². The SMILES string of the molecule is CCc1c(F)c(=O)sc2cc(OCCOCCOC=O)ccc12. The Morgan fingerprint density at radius 1 is 1.22 bits per heavy atom. The molecule has 7 heteroatoms. The Kier molecular flexibility index (Phi) is 6.49. The summed E-state index contributed by atoms with van der Waals surface area (Å²) in [5, 5.41) is 0.740. The number of benzene rings is 1. The quantitative estimate of drug-likeness (QED) is 0.518. The number of carbonyl (C=O) groups is 1. The van der Waals surface area contributed by atoms with E-state index in [2.05, 4.69) is 4.74 Å². The third-order valence-electron chi connectivity index (χ3n) is 3.19. The first kappa shape index (κ1) is 17.4. The second-order valence-corrected chi connectivity index (χ2v) is 5.64. The summed E-state index contributed by atoms with van der Waals surface area (Å²) in [4.78, 5) is 21.6. The summed E-state index contributed by atoms with van der Waals surface area (Å²) in [6, 6.07) is 5.24. The zero-order valence-corrected chi connectivity index (χ0v) is 13.5. The van der Waals surface area contributed by atoms with E-state index < -0.39 is 10.6 Å². The van der Waals surface area contributed by atoms with Crippen molar-refractivity contribution in [3.8, 4) is 5.75 Å². The van der Waals surface area contributed by atoms with Crippen LogP contribution >= 0.6 is 11.3 Å². The Morgan fingerprint density at radius 3 is 2.74 bits per heavy atom. The summed E-state index contributed by atoms with van der Waals surface area (Å²) >= 11 is 0.873. The van der Waals surface area contributed by atoms with E-state index in [4.69, 9.17) is 9.47 Å². The van der Waals surface area contributed by atoms with Gasteiger partial charge in [-0.2, -0.15) is 0 Å². The van der Waals surface area contributed by atoms with E-state index in [1.54, 1.807) is 18.2 Å². The fourth-order valence-electron chi connectivity index (χ4n) is 2.13. The Bertz CT molecular complexity index is 728. The number of hydrogen-bond acceptors (Lipinski definition) is 6. The molecule has 0 bridgehead atoms. The maximum absolute atomic E-state index is 13.8. The molecule has 1 heterocycles. The van der Waals surface area contributed by atoms with Crippen molar-refractivity contribution in [2.45, 2.75) is 13.3 Å². The Balaban J connectivity index is 1.99. The fraction of sp³-hybridized carbons (Fsp3) is 0.375. The Hall–Kier alpha value is -1.99. The van der Waals surface area contributed by atoms with Gasteiger partial charge in [-0.3, -0.25) is 9.59 Å². The standard InChI is InChI=1S/C16H17FO5S/c1-2-12-13-4-3-11(9-14(13)23-16(19)15(12)17)22-8-7-20-5-6-21-10-18/h3-4,9-10H,2,5-8H2,1H3. The zero-order chi connectivity index (χ0) is 16.7. The molecule has 1 aromatic heterocycles. The molecule has 0 radical (unpaired) electrons. The van der Waals surface area contributed by atoms with Crippen LogP contribution in [0.1, 0.15) is 12.5 Å². The highest BCUT2D eigenvalue weighted by Gasteiger charge is 2.11. The maximum atomic E-state index is 13.8. The van der Waals surface area contributed by atoms with Gasteiger partial charge >= 0.3 is 0 Å². The van der Waals surface area contributed by atoms with E-state index in [0.717, 1.165) is 16.7 Å². The van der Waals surface area contributed by atoms with Crippen LogP contribution in [0.15, 0.2) is 23.0 Å². The lowest BCUT2D eigenvalue weighted by molar-refractivity contribution is -0.130. The van der Waals surface area contributed by atoms with Crippen molar-refractivity contribution < 1.29 is 23.4 Å². The molecule has 0 atom stereocenters. The second-order valence-electron chi connectivity index (χ2n) is 4.62. The molecule has 0 aliphatic carbocycles. The molecule has 0 saturated heterocycles. The molecular formula is C16H17FO5S.